The van der Waals surface area contributed by atoms with Crippen LogP contribution in [0.1, 0.15) is 33.1 Å². The lowest BCUT2D eigenvalue weighted by Crippen LogP contribution is -2.40. The molecule has 1 saturated heterocycles. The summed E-state index contributed by atoms with van der Waals surface area (Å²) in [4.78, 5) is 2.75. The Balaban J connectivity index is 1.83. The van der Waals surface area contributed by atoms with Crippen LogP contribution in [0.3, 0.4) is 0 Å². The Bertz CT molecular complexity index is 181. The zero-order valence-corrected chi connectivity index (χ0v) is 9.63. The van der Waals surface area contributed by atoms with Crippen LogP contribution in [0.2, 0.25) is 0 Å². The highest BCUT2D eigenvalue weighted by atomic mass is 15.2. The third-order valence-electron chi connectivity index (χ3n) is 3.72. The van der Waals surface area contributed by atoms with Gasteiger partial charge in [0.15, 0.2) is 0 Å². The van der Waals surface area contributed by atoms with Crippen LogP contribution in [-0.4, -0.2) is 37.1 Å². The first-order valence-electron chi connectivity index (χ1n) is 6.26. The molecule has 0 aromatic carbocycles. The zero-order chi connectivity index (χ0) is 9.97. The first-order valence-corrected chi connectivity index (χ1v) is 6.26. The SMILES string of the molecule is CCC1CC1N1CCCNCC(C)C1. The van der Waals surface area contributed by atoms with Gasteiger partial charge in [0.2, 0.25) is 0 Å². The molecule has 3 unspecified atom stereocenters. The number of hydrogen-bond donors (Lipinski definition) is 1. The maximum absolute atomic E-state index is 3.52. The van der Waals surface area contributed by atoms with E-state index in [9.17, 15) is 0 Å². The maximum atomic E-state index is 3.52. The van der Waals surface area contributed by atoms with Gasteiger partial charge in [-0.05, 0) is 44.3 Å². The van der Waals surface area contributed by atoms with Crippen LogP contribution >= 0.6 is 0 Å². The molecule has 2 fully saturated rings. The molecule has 2 heteroatoms. The van der Waals surface area contributed by atoms with Crippen molar-refractivity contribution in [2.45, 2.75) is 39.2 Å². The molecule has 0 aromatic heterocycles. The summed E-state index contributed by atoms with van der Waals surface area (Å²) in [7, 11) is 0. The molecule has 1 aliphatic carbocycles. The van der Waals surface area contributed by atoms with Gasteiger partial charge in [-0.25, -0.2) is 0 Å². The molecule has 0 spiro atoms. The highest BCUT2D eigenvalue weighted by Gasteiger charge is 2.40. The number of nitrogens with zero attached hydrogens (tertiary/aromatic N) is 1. The summed E-state index contributed by atoms with van der Waals surface area (Å²) in [6.45, 7) is 9.76. The van der Waals surface area contributed by atoms with E-state index in [1.54, 1.807) is 0 Å². The first kappa shape index (κ1) is 10.4. The van der Waals surface area contributed by atoms with Crippen molar-refractivity contribution in [2.24, 2.45) is 11.8 Å². The molecule has 2 rings (SSSR count). The monoisotopic (exact) mass is 196 g/mol. The molecule has 0 radical (unpaired) electrons. The molecule has 3 atom stereocenters. The smallest absolute Gasteiger partial charge is 0.0127 e. The number of hydrogen-bond acceptors (Lipinski definition) is 2. The van der Waals surface area contributed by atoms with Crippen molar-refractivity contribution in [1.82, 2.24) is 10.2 Å². The molecule has 1 N–H and O–H groups in total. The highest BCUT2D eigenvalue weighted by molar-refractivity contribution is 4.94. The van der Waals surface area contributed by atoms with E-state index in [0.717, 1.165) is 17.9 Å². The van der Waals surface area contributed by atoms with E-state index in [-0.39, 0.29) is 0 Å². The molecule has 1 saturated carbocycles. The first-order chi connectivity index (χ1) is 6.81. The molecule has 2 nitrogen and oxygen atoms in total. The number of rotatable bonds is 2. The summed E-state index contributed by atoms with van der Waals surface area (Å²) < 4.78 is 0. The summed E-state index contributed by atoms with van der Waals surface area (Å²) in [5.74, 6) is 1.85. The molecule has 0 bridgehead atoms. The third kappa shape index (κ3) is 2.48. The van der Waals surface area contributed by atoms with Gasteiger partial charge in [0, 0.05) is 12.6 Å². The van der Waals surface area contributed by atoms with Crippen LogP contribution in [0, 0.1) is 11.8 Å². The summed E-state index contributed by atoms with van der Waals surface area (Å²) in [6, 6.07) is 0.945. The normalized spacial score (nSPS) is 40.3. The van der Waals surface area contributed by atoms with Gasteiger partial charge in [0.05, 0.1) is 0 Å². The van der Waals surface area contributed by atoms with Gasteiger partial charge in [-0.2, -0.15) is 0 Å². The maximum Gasteiger partial charge on any atom is 0.0127 e. The van der Waals surface area contributed by atoms with Crippen molar-refractivity contribution in [2.75, 3.05) is 26.2 Å². The van der Waals surface area contributed by atoms with Gasteiger partial charge < -0.3 is 5.32 Å². The molecule has 1 heterocycles. The van der Waals surface area contributed by atoms with E-state index in [0.29, 0.717) is 0 Å². The van der Waals surface area contributed by atoms with Crippen LogP contribution < -0.4 is 5.32 Å². The Hall–Kier alpha value is -0.0800. The van der Waals surface area contributed by atoms with Crippen molar-refractivity contribution in [3.8, 4) is 0 Å². The van der Waals surface area contributed by atoms with Crippen LogP contribution in [0.5, 0.6) is 0 Å². The molecule has 0 amide bonds. The largest absolute Gasteiger partial charge is 0.316 e. The average molecular weight is 196 g/mol. The van der Waals surface area contributed by atoms with Crippen LogP contribution in [0.4, 0.5) is 0 Å². The van der Waals surface area contributed by atoms with Crippen LogP contribution in [0.15, 0.2) is 0 Å². The number of nitrogens with one attached hydrogen (secondary N) is 1. The van der Waals surface area contributed by atoms with Crippen LogP contribution in [-0.2, 0) is 0 Å². The van der Waals surface area contributed by atoms with Crippen molar-refractivity contribution in [1.29, 1.82) is 0 Å². The highest BCUT2D eigenvalue weighted by Crippen LogP contribution is 2.38. The Morgan fingerprint density at radius 1 is 1.43 bits per heavy atom. The van der Waals surface area contributed by atoms with Crippen molar-refractivity contribution >= 4 is 0 Å². The molecular formula is C12H24N2. The summed E-state index contributed by atoms with van der Waals surface area (Å²) in [5, 5.41) is 3.52. The fourth-order valence-corrected chi connectivity index (χ4v) is 2.73. The van der Waals surface area contributed by atoms with E-state index in [1.165, 1.54) is 45.4 Å². The lowest BCUT2D eigenvalue weighted by molar-refractivity contribution is 0.199. The molecule has 0 aromatic rings. The second-order valence-electron chi connectivity index (χ2n) is 5.13. The van der Waals surface area contributed by atoms with Crippen molar-refractivity contribution < 1.29 is 0 Å². The molecule has 82 valence electrons. The Morgan fingerprint density at radius 3 is 3.00 bits per heavy atom. The van der Waals surface area contributed by atoms with E-state index in [4.69, 9.17) is 0 Å². The van der Waals surface area contributed by atoms with Gasteiger partial charge in [-0.15, -0.1) is 0 Å². The average Bonchev–Trinajstić information content (AvgIpc) is 2.90. The standard InChI is InChI=1S/C12H24N2/c1-3-11-7-12(11)14-6-4-5-13-8-10(2)9-14/h10-13H,3-9H2,1-2H3. The van der Waals surface area contributed by atoms with Gasteiger partial charge in [-0.1, -0.05) is 20.3 Å². The Kier molecular flexibility index (Phi) is 3.45. The lowest BCUT2D eigenvalue weighted by Gasteiger charge is -2.29. The van der Waals surface area contributed by atoms with E-state index < -0.39 is 0 Å². The predicted octanol–water partition coefficient (Wildman–Crippen LogP) is 1.72. The van der Waals surface area contributed by atoms with E-state index in [1.807, 2.05) is 0 Å². The van der Waals surface area contributed by atoms with Gasteiger partial charge >= 0.3 is 0 Å². The summed E-state index contributed by atoms with van der Waals surface area (Å²) in [5.41, 5.74) is 0. The molecule has 2 aliphatic rings. The summed E-state index contributed by atoms with van der Waals surface area (Å²) in [6.07, 6.45) is 4.18. The topological polar surface area (TPSA) is 15.3 Å². The molecule has 14 heavy (non-hydrogen) atoms. The van der Waals surface area contributed by atoms with E-state index in [2.05, 4.69) is 24.1 Å². The Morgan fingerprint density at radius 2 is 2.29 bits per heavy atom. The molecular weight excluding hydrogens is 172 g/mol. The van der Waals surface area contributed by atoms with Gasteiger partial charge in [0.1, 0.15) is 0 Å². The second-order valence-corrected chi connectivity index (χ2v) is 5.13. The lowest BCUT2D eigenvalue weighted by atomic mass is 10.1. The van der Waals surface area contributed by atoms with Crippen molar-refractivity contribution in [3.63, 3.8) is 0 Å². The molecule has 1 aliphatic heterocycles. The quantitative estimate of drug-likeness (QED) is 0.723. The summed E-state index contributed by atoms with van der Waals surface area (Å²) >= 11 is 0. The predicted molar refractivity (Wildman–Crippen MR) is 60.4 cm³/mol. The minimum atomic E-state index is 0.827. The minimum absolute atomic E-state index is 0.827. The van der Waals surface area contributed by atoms with Crippen LogP contribution in [0.25, 0.3) is 0 Å². The van der Waals surface area contributed by atoms with Gasteiger partial charge in [0.25, 0.3) is 0 Å². The fourth-order valence-electron chi connectivity index (χ4n) is 2.73. The fraction of sp³-hybridized carbons (Fsp3) is 1.00. The third-order valence-corrected chi connectivity index (χ3v) is 3.72. The Labute approximate surface area is 88.1 Å². The second kappa shape index (κ2) is 4.63. The van der Waals surface area contributed by atoms with Gasteiger partial charge in [-0.3, -0.25) is 4.90 Å². The minimum Gasteiger partial charge on any atom is -0.316 e. The zero-order valence-electron chi connectivity index (χ0n) is 9.63. The van der Waals surface area contributed by atoms with Crippen molar-refractivity contribution in [3.05, 3.63) is 0 Å². The van der Waals surface area contributed by atoms with E-state index >= 15 is 0 Å².